The van der Waals surface area contributed by atoms with Crippen LogP contribution in [-0.4, -0.2) is 42.1 Å². The molecule has 3 aliphatic rings. The highest BCUT2D eigenvalue weighted by atomic mass is 32.2. The summed E-state index contributed by atoms with van der Waals surface area (Å²) in [5.74, 6) is -0.291. The van der Waals surface area contributed by atoms with E-state index in [4.69, 9.17) is 0 Å². The van der Waals surface area contributed by atoms with Crippen LogP contribution in [0.25, 0.3) is 0 Å². The Kier molecular flexibility index (Phi) is 2.93. The largest absolute Gasteiger partial charge is 0.336 e. The van der Waals surface area contributed by atoms with Crippen molar-refractivity contribution in [3.05, 3.63) is 35.4 Å². The van der Waals surface area contributed by atoms with Gasteiger partial charge in [-0.3, -0.25) is 9.59 Å². The molecule has 2 bridgehead atoms. The molecule has 0 radical (unpaired) electrons. The van der Waals surface area contributed by atoms with Gasteiger partial charge in [-0.05, 0) is 18.9 Å². The van der Waals surface area contributed by atoms with E-state index in [1.807, 2.05) is 0 Å². The van der Waals surface area contributed by atoms with Crippen LogP contribution in [0.2, 0.25) is 0 Å². The molecule has 3 saturated heterocycles. The van der Waals surface area contributed by atoms with E-state index in [0.29, 0.717) is 18.5 Å². The van der Waals surface area contributed by atoms with E-state index in [0.717, 1.165) is 5.56 Å². The second-order valence-electron chi connectivity index (χ2n) is 5.41. The summed E-state index contributed by atoms with van der Waals surface area (Å²) in [7, 11) is -3.19. The molecule has 5 nitrogen and oxygen atoms in total. The quantitative estimate of drug-likeness (QED) is 0.772. The van der Waals surface area contributed by atoms with Gasteiger partial charge in [0.15, 0.2) is 15.6 Å². The van der Waals surface area contributed by atoms with E-state index < -0.39 is 15.1 Å². The van der Waals surface area contributed by atoms with Gasteiger partial charge in [-0.2, -0.15) is 0 Å². The maximum atomic E-state index is 12.1. The van der Waals surface area contributed by atoms with Gasteiger partial charge in [-0.25, -0.2) is 8.42 Å². The van der Waals surface area contributed by atoms with Crippen molar-refractivity contribution in [2.75, 3.05) is 6.54 Å². The molecule has 3 aliphatic heterocycles. The van der Waals surface area contributed by atoms with Crippen LogP contribution in [0.4, 0.5) is 0 Å². The van der Waals surface area contributed by atoms with Crippen molar-refractivity contribution >= 4 is 21.5 Å². The Labute approximate surface area is 117 Å². The normalized spacial score (nSPS) is 27.1. The molecule has 3 heterocycles. The Balaban J connectivity index is 1.73. The molecular formula is C14H15NO4S. The molecule has 0 saturated carbocycles. The number of hydrogen-bond donors (Lipinski definition) is 0. The SMILES string of the molecule is CC(=O)c1ccc(CN2CC3CC(C2=O)S3(=O)=O)cc1. The number of rotatable bonds is 3. The molecule has 0 aliphatic carbocycles. The van der Waals surface area contributed by atoms with Gasteiger partial charge in [0.2, 0.25) is 5.91 Å². The number of ketones is 1. The van der Waals surface area contributed by atoms with Crippen molar-refractivity contribution < 1.29 is 18.0 Å². The van der Waals surface area contributed by atoms with E-state index in [1.165, 1.54) is 6.92 Å². The van der Waals surface area contributed by atoms with Crippen molar-refractivity contribution in [1.82, 2.24) is 4.90 Å². The molecular weight excluding hydrogens is 278 g/mol. The van der Waals surface area contributed by atoms with E-state index in [1.54, 1.807) is 29.2 Å². The minimum absolute atomic E-state index is 0.00191. The Morgan fingerprint density at radius 2 is 1.95 bits per heavy atom. The summed E-state index contributed by atoms with van der Waals surface area (Å²) in [6.07, 6.45) is 0.473. The van der Waals surface area contributed by atoms with Crippen LogP contribution in [0.3, 0.4) is 0 Å². The molecule has 0 N–H and O–H groups in total. The first-order valence-corrected chi connectivity index (χ1v) is 8.12. The molecule has 2 atom stereocenters. The maximum Gasteiger partial charge on any atom is 0.241 e. The molecule has 4 rings (SSSR count). The molecule has 1 amide bonds. The van der Waals surface area contributed by atoms with Gasteiger partial charge in [-0.15, -0.1) is 0 Å². The van der Waals surface area contributed by atoms with Crippen LogP contribution in [0, 0.1) is 0 Å². The third kappa shape index (κ3) is 1.95. The lowest BCUT2D eigenvalue weighted by molar-refractivity contribution is -0.134. The lowest BCUT2D eigenvalue weighted by Gasteiger charge is -2.45. The standard InChI is InChI=1S/C14H15NO4S/c1-9(16)11-4-2-10(3-5-11)7-15-8-12-6-13(14(15)17)20(12,18)19/h2-5,12-13H,6-8H2,1H3. The number of hydrogen-bond acceptors (Lipinski definition) is 4. The zero-order chi connectivity index (χ0) is 14.5. The average molecular weight is 293 g/mol. The number of sulfone groups is 1. The van der Waals surface area contributed by atoms with Gasteiger partial charge in [0.05, 0.1) is 5.25 Å². The minimum atomic E-state index is -3.19. The van der Waals surface area contributed by atoms with Crippen LogP contribution < -0.4 is 0 Å². The van der Waals surface area contributed by atoms with E-state index in [9.17, 15) is 18.0 Å². The van der Waals surface area contributed by atoms with Crippen LogP contribution >= 0.6 is 0 Å². The third-order valence-electron chi connectivity index (χ3n) is 4.08. The number of nitrogens with zero attached hydrogens (tertiary/aromatic N) is 1. The highest BCUT2D eigenvalue weighted by molar-refractivity contribution is 7.95. The maximum absolute atomic E-state index is 12.1. The second-order valence-corrected chi connectivity index (χ2v) is 7.82. The Morgan fingerprint density at radius 1 is 1.30 bits per heavy atom. The van der Waals surface area contributed by atoms with Crippen molar-refractivity contribution in [2.24, 2.45) is 0 Å². The molecule has 20 heavy (non-hydrogen) atoms. The first kappa shape index (κ1) is 13.3. The highest BCUT2D eigenvalue weighted by Crippen LogP contribution is 2.36. The fourth-order valence-corrected chi connectivity index (χ4v) is 4.67. The van der Waals surface area contributed by atoms with Crippen LogP contribution in [0.5, 0.6) is 0 Å². The molecule has 3 fully saturated rings. The molecule has 106 valence electrons. The van der Waals surface area contributed by atoms with Crippen molar-refractivity contribution in [3.8, 4) is 0 Å². The summed E-state index contributed by atoms with van der Waals surface area (Å²) in [4.78, 5) is 24.8. The monoisotopic (exact) mass is 293 g/mol. The average Bonchev–Trinajstić information content (AvgIpc) is 2.41. The molecule has 1 aromatic rings. The van der Waals surface area contributed by atoms with Gasteiger partial charge >= 0.3 is 0 Å². The fraction of sp³-hybridized carbons (Fsp3) is 0.429. The smallest absolute Gasteiger partial charge is 0.241 e. The summed E-state index contributed by atoms with van der Waals surface area (Å²) in [6, 6.07) is 7.06. The zero-order valence-electron chi connectivity index (χ0n) is 11.1. The lowest BCUT2D eigenvalue weighted by atomic mass is 10.1. The number of Topliss-reactive ketones (excluding diaryl/α,β-unsaturated/α-hetero) is 1. The topological polar surface area (TPSA) is 71.5 Å². The Hall–Kier alpha value is -1.69. The number of fused-ring (bicyclic) bond motifs is 2. The molecule has 2 unspecified atom stereocenters. The molecule has 0 aromatic heterocycles. The third-order valence-corrected chi connectivity index (χ3v) is 6.54. The van der Waals surface area contributed by atoms with Gasteiger partial charge in [0.1, 0.15) is 5.25 Å². The summed E-state index contributed by atoms with van der Waals surface area (Å²) < 4.78 is 23.3. The summed E-state index contributed by atoms with van der Waals surface area (Å²) >= 11 is 0. The summed E-state index contributed by atoms with van der Waals surface area (Å²) in [6.45, 7) is 2.19. The van der Waals surface area contributed by atoms with Crippen LogP contribution in [-0.2, 0) is 21.2 Å². The predicted molar refractivity (Wildman–Crippen MR) is 73.0 cm³/mol. The fourth-order valence-electron chi connectivity index (χ4n) is 2.78. The number of carbonyl (C=O) groups excluding carboxylic acids is 2. The number of benzene rings is 1. The zero-order valence-corrected chi connectivity index (χ0v) is 11.9. The van der Waals surface area contributed by atoms with Crippen molar-refractivity contribution in [2.45, 2.75) is 30.4 Å². The van der Waals surface area contributed by atoms with Crippen LogP contribution in [0.15, 0.2) is 24.3 Å². The summed E-state index contributed by atoms with van der Waals surface area (Å²) in [5, 5.41) is -1.21. The molecule has 6 heteroatoms. The first-order chi connectivity index (χ1) is 9.39. The van der Waals surface area contributed by atoms with Gasteiger partial charge < -0.3 is 4.90 Å². The van der Waals surface area contributed by atoms with Crippen molar-refractivity contribution in [1.29, 1.82) is 0 Å². The van der Waals surface area contributed by atoms with E-state index >= 15 is 0 Å². The van der Waals surface area contributed by atoms with E-state index in [2.05, 4.69) is 0 Å². The minimum Gasteiger partial charge on any atom is -0.336 e. The van der Waals surface area contributed by atoms with Gasteiger partial charge in [0.25, 0.3) is 0 Å². The highest BCUT2D eigenvalue weighted by Gasteiger charge is 2.56. The first-order valence-electron chi connectivity index (χ1n) is 6.51. The number of carbonyl (C=O) groups is 2. The number of amides is 1. The lowest BCUT2D eigenvalue weighted by Crippen LogP contribution is -2.64. The van der Waals surface area contributed by atoms with E-state index in [-0.39, 0.29) is 23.5 Å². The van der Waals surface area contributed by atoms with Crippen molar-refractivity contribution in [3.63, 3.8) is 0 Å². The second kappa shape index (κ2) is 4.41. The number of piperidine rings is 1. The molecule has 1 aromatic carbocycles. The van der Waals surface area contributed by atoms with Gasteiger partial charge in [-0.1, -0.05) is 24.3 Å². The van der Waals surface area contributed by atoms with Crippen LogP contribution in [0.1, 0.15) is 29.3 Å². The summed E-state index contributed by atoms with van der Waals surface area (Å²) in [5.41, 5.74) is 1.53. The van der Waals surface area contributed by atoms with Gasteiger partial charge in [0, 0.05) is 18.7 Å². The molecule has 0 spiro atoms. The predicted octanol–water partition coefficient (Wildman–Crippen LogP) is 0.787. The Morgan fingerprint density at radius 3 is 2.45 bits per heavy atom. The Bertz CT molecular complexity index is 678.